The topological polar surface area (TPSA) is 80.7 Å². The predicted octanol–water partition coefficient (Wildman–Crippen LogP) is -1.80. The van der Waals surface area contributed by atoms with Crippen LogP contribution in [0, 0.1) is 0 Å². The van der Waals surface area contributed by atoms with Crippen LogP contribution >= 0.6 is 0 Å². The molecule has 2 fully saturated rings. The van der Waals surface area contributed by atoms with E-state index in [9.17, 15) is 0 Å². The van der Waals surface area contributed by atoms with Crippen LogP contribution in [0.5, 0.6) is 0 Å². The Bertz CT molecular complexity index is 565. The van der Waals surface area contributed by atoms with E-state index in [0.29, 0.717) is 0 Å². The molecule has 0 spiro atoms. The van der Waals surface area contributed by atoms with Gasteiger partial charge in [-0.05, 0) is 82.7 Å². The van der Waals surface area contributed by atoms with E-state index in [2.05, 4.69) is 60.6 Å². The van der Waals surface area contributed by atoms with Crippen molar-refractivity contribution in [3.8, 4) is 0 Å². The van der Waals surface area contributed by atoms with Gasteiger partial charge in [0.2, 0.25) is 0 Å². The molecule has 0 aromatic heterocycles. The normalized spacial score (nSPS) is 22.3. The second-order valence-electron chi connectivity index (χ2n) is 10.2. The summed E-state index contributed by atoms with van der Waals surface area (Å²) >= 11 is 0. The Kier molecular flexibility index (Phi) is 19.7. The summed E-state index contributed by atoms with van der Waals surface area (Å²) in [6.45, 7) is 19.2. The van der Waals surface area contributed by atoms with E-state index in [4.69, 9.17) is 5.32 Å². The van der Waals surface area contributed by atoms with Crippen LogP contribution < -0.4 is 45.4 Å². The third kappa shape index (κ3) is 16.3. The fraction of sp³-hybridized carbons (Fsp3) is 0.786. The van der Waals surface area contributed by atoms with Crippen LogP contribution in [0.3, 0.4) is 0 Å². The predicted molar refractivity (Wildman–Crippen MR) is 153 cm³/mol. The Morgan fingerprint density at radius 2 is 0.946 bits per heavy atom. The van der Waals surface area contributed by atoms with Gasteiger partial charge in [-0.25, -0.2) is 0 Å². The molecule has 9 heteroatoms. The summed E-state index contributed by atoms with van der Waals surface area (Å²) in [4.78, 5) is 5.19. The molecule has 3 rings (SSSR count). The van der Waals surface area contributed by atoms with Crippen LogP contribution in [0.4, 0.5) is 0 Å². The van der Waals surface area contributed by atoms with Gasteiger partial charge < -0.3 is 36.8 Å². The summed E-state index contributed by atoms with van der Waals surface area (Å²) in [7, 11) is 0. The number of rotatable bonds is 4. The molecular formula is C28H53LiN8. The smallest absolute Gasteiger partial charge is 0.661 e. The fourth-order valence-corrected chi connectivity index (χ4v) is 4.86. The van der Waals surface area contributed by atoms with Crippen LogP contribution in [-0.4, -0.2) is 115 Å². The standard InChI is InChI=1S/C28H53N8.Li/c1-9-29-15-17-31-13-3-21-35(23-19-33-11-1)25-27-5-7-28(8-6-27)26-36-22-4-14-32-18-16-30-10-2-12-34-20-24-36;/h5-8,29-33H,1-4,9-26H2;/q-1;+1. The quantitative estimate of drug-likeness (QED) is 0.307. The van der Waals surface area contributed by atoms with Crippen molar-refractivity contribution in [3.05, 3.63) is 40.7 Å². The van der Waals surface area contributed by atoms with E-state index in [1.54, 1.807) is 0 Å². The fourth-order valence-electron chi connectivity index (χ4n) is 4.86. The van der Waals surface area contributed by atoms with Gasteiger partial charge >= 0.3 is 18.9 Å². The molecule has 8 nitrogen and oxygen atoms in total. The molecule has 2 saturated heterocycles. The first-order chi connectivity index (χ1) is 17.9. The minimum atomic E-state index is 0. The van der Waals surface area contributed by atoms with Gasteiger partial charge in [0.05, 0.1) is 0 Å². The second-order valence-corrected chi connectivity index (χ2v) is 10.2. The molecule has 37 heavy (non-hydrogen) atoms. The number of nitrogens with one attached hydrogen (secondary N) is 5. The number of benzene rings is 1. The van der Waals surface area contributed by atoms with E-state index in [1.165, 1.54) is 30.4 Å². The Hall–Kier alpha value is -0.503. The maximum Gasteiger partial charge on any atom is 1.00 e. The maximum atomic E-state index is 4.76. The van der Waals surface area contributed by atoms with Gasteiger partial charge in [0.15, 0.2) is 0 Å². The SMILES string of the molecule is [Li+].c1cc(CN2CCCNCCNCCCNCC2)ccc1CN1CCCNCCNCCC[N-]CC1. The van der Waals surface area contributed by atoms with Crippen molar-refractivity contribution in [2.24, 2.45) is 0 Å². The summed E-state index contributed by atoms with van der Waals surface area (Å²) in [5, 5.41) is 22.5. The van der Waals surface area contributed by atoms with E-state index in [-0.39, 0.29) is 18.9 Å². The Morgan fingerprint density at radius 3 is 1.51 bits per heavy atom. The summed E-state index contributed by atoms with van der Waals surface area (Å²) < 4.78 is 0. The first kappa shape index (κ1) is 32.7. The number of hydrogen-bond donors (Lipinski definition) is 5. The molecule has 0 bridgehead atoms. The Morgan fingerprint density at radius 1 is 0.486 bits per heavy atom. The van der Waals surface area contributed by atoms with E-state index in [0.717, 1.165) is 124 Å². The first-order valence-corrected chi connectivity index (χ1v) is 14.6. The van der Waals surface area contributed by atoms with Crippen LogP contribution in [0.2, 0.25) is 0 Å². The van der Waals surface area contributed by atoms with Gasteiger partial charge in [-0.1, -0.05) is 30.7 Å². The van der Waals surface area contributed by atoms with Crippen molar-refractivity contribution in [2.45, 2.75) is 38.8 Å². The Labute approximate surface area is 239 Å². The third-order valence-electron chi connectivity index (χ3n) is 7.00. The second kappa shape index (κ2) is 22.3. The van der Waals surface area contributed by atoms with Gasteiger partial charge in [0.1, 0.15) is 0 Å². The minimum absolute atomic E-state index is 0. The van der Waals surface area contributed by atoms with E-state index < -0.39 is 0 Å². The minimum Gasteiger partial charge on any atom is -0.661 e. The van der Waals surface area contributed by atoms with Crippen molar-refractivity contribution in [2.75, 3.05) is 105 Å². The van der Waals surface area contributed by atoms with Crippen molar-refractivity contribution >= 4 is 0 Å². The van der Waals surface area contributed by atoms with Crippen molar-refractivity contribution in [1.82, 2.24) is 36.4 Å². The van der Waals surface area contributed by atoms with Crippen molar-refractivity contribution < 1.29 is 18.9 Å². The largest absolute Gasteiger partial charge is 1.00 e. The molecule has 206 valence electrons. The molecule has 0 radical (unpaired) electrons. The maximum absolute atomic E-state index is 4.76. The van der Waals surface area contributed by atoms with Gasteiger partial charge in [-0.2, -0.15) is 0 Å². The van der Waals surface area contributed by atoms with Crippen LogP contribution in [0.1, 0.15) is 36.8 Å². The molecule has 0 atom stereocenters. The zero-order chi connectivity index (χ0) is 24.9. The zero-order valence-corrected chi connectivity index (χ0v) is 23.7. The van der Waals surface area contributed by atoms with Gasteiger partial charge in [0.25, 0.3) is 0 Å². The average Bonchev–Trinajstić information content (AvgIpc) is 2.89. The molecule has 1 aromatic rings. The molecule has 2 aliphatic heterocycles. The third-order valence-corrected chi connectivity index (χ3v) is 7.00. The average molecular weight is 509 g/mol. The Balaban J connectivity index is 0.00000481. The monoisotopic (exact) mass is 508 g/mol. The first-order valence-electron chi connectivity index (χ1n) is 14.6. The van der Waals surface area contributed by atoms with Gasteiger partial charge in [0, 0.05) is 52.4 Å². The summed E-state index contributed by atoms with van der Waals surface area (Å²) in [6, 6.07) is 9.39. The van der Waals surface area contributed by atoms with Crippen molar-refractivity contribution in [3.63, 3.8) is 0 Å². The number of hydrogen-bond acceptors (Lipinski definition) is 7. The van der Waals surface area contributed by atoms with Crippen LogP contribution in [0.15, 0.2) is 24.3 Å². The summed E-state index contributed by atoms with van der Waals surface area (Å²) in [5.41, 5.74) is 2.84. The molecular weight excluding hydrogens is 455 g/mol. The van der Waals surface area contributed by atoms with E-state index in [1.807, 2.05) is 0 Å². The van der Waals surface area contributed by atoms with E-state index >= 15 is 0 Å². The molecule has 2 aliphatic rings. The molecule has 0 amide bonds. The summed E-state index contributed by atoms with van der Waals surface area (Å²) in [6.07, 6.45) is 4.72. The molecule has 0 saturated carbocycles. The molecule has 1 aromatic carbocycles. The summed E-state index contributed by atoms with van der Waals surface area (Å²) in [5.74, 6) is 0. The van der Waals surface area contributed by atoms with Crippen LogP contribution in [-0.2, 0) is 13.1 Å². The van der Waals surface area contributed by atoms with Gasteiger partial charge in [-0.3, -0.25) is 4.90 Å². The molecule has 0 unspecified atom stereocenters. The molecule has 5 N–H and O–H groups in total. The number of nitrogens with zero attached hydrogens (tertiary/aromatic N) is 3. The van der Waals surface area contributed by atoms with Crippen LogP contribution in [0.25, 0.3) is 5.32 Å². The van der Waals surface area contributed by atoms with Gasteiger partial charge in [-0.15, -0.1) is 13.1 Å². The molecule has 0 aliphatic carbocycles. The van der Waals surface area contributed by atoms with Crippen molar-refractivity contribution in [1.29, 1.82) is 0 Å². The molecule has 2 heterocycles. The zero-order valence-electron chi connectivity index (χ0n) is 23.7.